The number of urea groups is 1. The molecule has 0 aromatic rings. The molecule has 0 aromatic carbocycles. The van der Waals surface area contributed by atoms with Gasteiger partial charge in [0.1, 0.15) is 0 Å². The number of aliphatic hydroxyl groups excluding tert-OH is 1. The summed E-state index contributed by atoms with van der Waals surface area (Å²) in [4.78, 5) is 12.4. The molecule has 4 aliphatic rings. The first-order chi connectivity index (χ1) is 9.99. The van der Waals surface area contributed by atoms with Crippen LogP contribution in [-0.2, 0) is 0 Å². The van der Waals surface area contributed by atoms with E-state index in [2.05, 4.69) is 24.5 Å². The largest absolute Gasteiger partial charge is 0.396 e. The summed E-state index contributed by atoms with van der Waals surface area (Å²) in [5, 5.41) is 15.5. The molecule has 1 unspecified atom stereocenters. The van der Waals surface area contributed by atoms with Crippen molar-refractivity contribution in [1.29, 1.82) is 0 Å². The number of hydrogen-bond acceptors (Lipinski definition) is 2. The van der Waals surface area contributed by atoms with E-state index >= 15 is 0 Å². The van der Waals surface area contributed by atoms with Crippen molar-refractivity contribution >= 4 is 6.03 Å². The molecule has 4 fully saturated rings. The van der Waals surface area contributed by atoms with Gasteiger partial charge in [0.05, 0.1) is 0 Å². The van der Waals surface area contributed by atoms with Gasteiger partial charge in [0.25, 0.3) is 0 Å². The first-order valence-corrected chi connectivity index (χ1v) is 8.69. The van der Waals surface area contributed by atoms with Crippen LogP contribution < -0.4 is 10.6 Å². The van der Waals surface area contributed by atoms with Gasteiger partial charge in [0.15, 0.2) is 0 Å². The summed E-state index contributed by atoms with van der Waals surface area (Å²) in [7, 11) is 0. The van der Waals surface area contributed by atoms with Gasteiger partial charge in [-0.05, 0) is 68.6 Å². The third kappa shape index (κ3) is 3.20. The van der Waals surface area contributed by atoms with Crippen LogP contribution in [0, 0.1) is 23.7 Å². The lowest BCUT2D eigenvalue weighted by Gasteiger charge is -2.56. The topological polar surface area (TPSA) is 61.4 Å². The highest BCUT2D eigenvalue weighted by molar-refractivity contribution is 5.75. The smallest absolute Gasteiger partial charge is 0.315 e. The first kappa shape index (κ1) is 15.1. The highest BCUT2D eigenvalue weighted by atomic mass is 16.3. The van der Waals surface area contributed by atoms with E-state index in [4.69, 9.17) is 5.11 Å². The van der Waals surface area contributed by atoms with Gasteiger partial charge in [-0.1, -0.05) is 13.8 Å². The molecule has 4 nitrogen and oxygen atoms in total. The lowest BCUT2D eigenvalue weighted by atomic mass is 9.53. The molecule has 0 radical (unpaired) electrons. The van der Waals surface area contributed by atoms with Crippen molar-refractivity contribution < 1.29 is 9.90 Å². The third-order valence-electron chi connectivity index (χ3n) is 5.98. The molecular weight excluding hydrogens is 264 g/mol. The standard InChI is InChI=1S/C17H30N2O2/c1-11(2)15(3-4-20)18-16(21)19-17-8-12-5-13(9-17)7-14(6-12)10-17/h11-15,20H,3-10H2,1-2H3,(H2,18,19,21). The molecule has 4 rings (SSSR count). The Morgan fingerprint density at radius 3 is 2.10 bits per heavy atom. The van der Waals surface area contributed by atoms with Gasteiger partial charge in [0, 0.05) is 18.2 Å². The van der Waals surface area contributed by atoms with E-state index in [9.17, 15) is 4.79 Å². The van der Waals surface area contributed by atoms with Gasteiger partial charge in [-0.2, -0.15) is 0 Å². The summed E-state index contributed by atoms with van der Waals surface area (Å²) in [6.45, 7) is 4.30. The first-order valence-electron chi connectivity index (χ1n) is 8.69. The summed E-state index contributed by atoms with van der Waals surface area (Å²) in [6.07, 6.45) is 8.34. The van der Waals surface area contributed by atoms with Gasteiger partial charge in [-0.25, -0.2) is 4.79 Å². The average molecular weight is 294 g/mol. The molecule has 4 heteroatoms. The number of rotatable bonds is 5. The van der Waals surface area contributed by atoms with Crippen molar-refractivity contribution in [2.45, 2.75) is 70.4 Å². The Morgan fingerprint density at radius 1 is 1.14 bits per heavy atom. The number of nitrogens with one attached hydrogen (secondary N) is 2. The second kappa shape index (κ2) is 5.79. The van der Waals surface area contributed by atoms with Gasteiger partial charge in [0.2, 0.25) is 0 Å². The Balaban J connectivity index is 1.59. The molecule has 3 N–H and O–H groups in total. The predicted molar refractivity (Wildman–Crippen MR) is 82.9 cm³/mol. The molecule has 0 saturated heterocycles. The van der Waals surface area contributed by atoms with Crippen LogP contribution in [0.4, 0.5) is 4.79 Å². The molecule has 2 amide bonds. The van der Waals surface area contributed by atoms with Gasteiger partial charge in [-0.3, -0.25) is 0 Å². The van der Waals surface area contributed by atoms with Crippen molar-refractivity contribution in [1.82, 2.24) is 10.6 Å². The fourth-order valence-electron chi connectivity index (χ4n) is 5.42. The zero-order chi connectivity index (χ0) is 15.0. The molecule has 0 aliphatic heterocycles. The minimum atomic E-state index is -0.0240. The summed E-state index contributed by atoms with van der Waals surface area (Å²) >= 11 is 0. The lowest BCUT2D eigenvalue weighted by molar-refractivity contribution is -0.0137. The summed E-state index contributed by atoms with van der Waals surface area (Å²) < 4.78 is 0. The van der Waals surface area contributed by atoms with E-state index in [1.807, 2.05) is 0 Å². The maximum Gasteiger partial charge on any atom is 0.315 e. The minimum absolute atomic E-state index is 0.0240. The normalized spacial score (nSPS) is 38.6. The molecule has 120 valence electrons. The molecule has 4 saturated carbocycles. The summed E-state index contributed by atoms with van der Waals surface area (Å²) in [6, 6.07) is 0.0352. The summed E-state index contributed by atoms with van der Waals surface area (Å²) in [5.74, 6) is 2.87. The second-order valence-corrected chi connectivity index (χ2v) is 8.16. The van der Waals surface area contributed by atoms with E-state index in [0.717, 1.165) is 17.8 Å². The van der Waals surface area contributed by atoms with Crippen LogP contribution in [0.5, 0.6) is 0 Å². The monoisotopic (exact) mass is 294 g/mol. The Bertz CT molecular complexity index is 359. The van der Waals surface area contributed by atoms with E-state index in [-0.39, 0.29) is 24.2 Å². The zero-order valence-electron chi connectivity index (χ0n) is 13.4. The van der Waals surface area contributed by atoms with Crippen LogP contribution in [0.1, 0.15) is 58.8 Å². The van der Waals surface area contributed by atoms with Crippen LogP contribution in [0.3, 0.4) is 0 Å². The highest BCUT2D eigenvalue weighted by Gasteiger charge is 2.51. The fraction of sp³-hybridized carbons (Fsp3) is 0.941. The maximum absolute atomic E-state index is 12.4. The van der Waals surface area contributed by atoms with E-state index in [0.29, 0.717) is 12.3 Å². The maximum atomic E-state index is 12.4. The summed E-state index contributed by atoms with van der Waals surface area (Å²) in [5.41, 5.74) is 0.0690. The molecule has 4 bridgehead atoms. The van der Waals surface area contributed by atoms with E-state index in [1.165, 1.54) is 38.5 Å². The van der Waals surface area contributed by atoms with Gasteiger partial charge >= 0.3 is 6.03 Å². The van der Waals surface area contributed by atoms with E-state index in [1.54, 1.807) is 0 Å². The zero-order valence-corrected chi connectivity index (χ0v) is 13.4. The quantitative estimate of drug-likeness (QED) is 0.730. The molecular formula is C17H30N2O2. The number of carbonyl (C=O) groups is 1. The van der Waals surface area contributed by atoms with Crippen LogP contribution in [0.25, 0.3) is 0 Å². The average Bonchev–Trinajstić information content (AvgIpc) is 2.35. The lowest BCUT2D eigenvalue weighted by Crippen LogP contribution is -2.62. The van der Waals surface area contributed by atoms with Gasteiger partial charge in [-0.15, -0.1) is 0 Å². The predicted octanol–water partition coefficient (Wildman–Crippen LogP) is 2.66. The molecule has 0 heterocycles. The number of carbonyl (C=O) groups excluding carboxylic acids is 1. The molecule has 1 atom stereocenters. The molecule has 0 spiro atoms. The number of hydrogen-bond donors (Lipinski definition) is 3. The van der Waals surface area contributed by atoms with Crippen molar-refractivity contribution in [2.24, 2.45) is 23.7 Å². The Morgan fingerprint density at radius 2 is 1.67 bits per heavy atom. The van der Waals surface area contributed by atoms with Crippen molar-refractivity contribution in [3.63, 3.8) is 0 Å². The minimum Gasteiger partial charge on any atom is -0.396 e. The second-order valence-electron chi connectivity index (χ2n) is 8.16. The van der Waals surface area contributed by atoms with Gasteiger partial charge < -0.3 is 15.7 Å². The van der Waals surface area contributed by atoms with Crippen LogP contribution >= 0.6 is 0 Å². The Kier molecular flexibility index (Phi) is 4.17. The Labute approximate surface area is 128 Å². The van der Waals surface area contributed by atoms with Crippen LogP contribution in [0.15, 0.2) is 0 Å². The Hall–Kier alpha value is -0.770. The highest BCUT2D eigenvalue weighted by Crippen LogP contribution is 2.55. The molecule has 4 aliphatic carbocycles. The third-order valence-corrected chi connectivity index (χ3v) is 5.98. The van der Waals surface area contributed by atoms with Crippen molar-refractivity contribution in [3.05, 3.63) is 0 Å². The van der Waals surface area contributed by atoms with Crippen LogP contribution in [-0.4, -0.2) is 29.3 Å². The van der Waals surface area contributed by atoms with Crippen molar-refractivity contribution in [2.75, 3.05) is 6.61 Å². The number of aliphatic hydroxyl groups is 1. The molecule has 0 aromatic heterocycles. The SMILES string of the molecule is CC(C)C(CCO)NC(=O)NC12CC3CC(CC(C3)C1)C2. The fourth-order valence-corrected chi connectivity index (χ4v) is 5.42. The van der Waals surface area contributed by atoms with E-state index < -0.39 is 0 Å². The van der Waals surface area contributed by atoms with Crippen molar-refractivity contribution in [3.8, 4) is 0 Å². The van der Waals surface area contributed by atoms with Crippen LogP contribution in [0.2, 0.25) is 0 Å². The molecule has 21 heavy (non-hydrogen) atoms. The number of amides is 2.